The summed E-state index contributed by atoms with van der Waals surface area (Å²) < 4.78 is 5.22. The summed E-state index contributed by atoms with van der Waals surface area (Å²) in [7, 11) is 0. The molecule has 5 rings (SSSR count). The first-order valence-electron chi connectivity index (χ1n) is 8.30. The molecule has 1 heterocycles. The first kappa shape index (κ1) is 14.0. The molecule has 6 nitrogen and oxygen atoms in total. The number of ether oxygens (including phenoxy) is 1. The minimum absolute atomic E-state index is 0.0989. The fourth-order valence-electron chi connectivity index (χ4n) is 5.23. The molecule has 0 atom stereocenters. The predicted octanol–water partition coefficient (Wildman–Crippen LogP) is 2.28. The van der Waals surface area contributed by atoms with Crippen LogP contribution in [0.3, 0.4) is 0 Å². The van der Waals surface area contributed by atoms with Gasteiger partial charge >= 0.3 is 6.16 Å². The molecule has 5 aliphatic rings. The van der Waals surface area contributed by atoms with E-state index in [0.29, 0.717) is 29.4 Å². The normalized spacial score (nSPS) is 39.5. The molecular formula is C16H21NO5. The summed E-state index contributed by atoms with van der Waals surface area (Å²) in [6.07, 6.45) is 5.71. The van der Waals surface area contributed by atoms with Gasteiger partial charge in [-0.05, 0) is 61.7 Å². The lowest BCUT2D eigenvalue weighted by Gasteiger charge is -2.54. The van der Waals surface area contributed by atoms with E-state index in [1.54, 1.807) is 0 Å². The van der Waals surface area contributed by atoms with Crippen LogP contribution in [0.25, 0.3) is 0 Å². The summed E-state index contributed by atoms with van der Waals surface area (Å²) >= 11 is 0. The zero-order valence-electron chi connectivity index (χ0n) is 12.5. The van der Waals surface area contributed by atoms with Crippen LogP contribution >= 0.6 is 0 Å². The van der Waals surface area contributed by atoms with Crippen LogP contribution in [0, 0.1) is 29.6 Å². The zero-order valence-corrected chi connectivity index (χ0v) is 12.5. The largest absolute Gasteiger partial charge is 0.533 e. The molecule has 6 heteroatoms. The van der Waals surface area contributed by atoms with Crippen LogP contribution in [0.5, 0.6) is 0 Å². The fraction of sp³-hybridized carbons (Fsp3) is 0.812. The molecule has 120 valence electrons. The number of carbonyl (C=O) groups excluding carboxylic acids is 3. The van der Waals surface area contributed by atoms with Crippen LogP contribution in [0.4, 0.5) is 4.79 Å². The summed E-state index contributed by atoms with van der Waals surface area (Å²) in [5.74, 6) is 2.56. The number of hydroxylamine groups is 2. The quantitative estimate of drug-likeness (QED) is 0.591. The van der Waals surface area contributed by atoms with Gasteiger partial charge in [0.25, 0.3) is 11.8 Å². The van der Waals surface area contributed by atoms with E-state index in [4.69, 9.17) is 9.57 Å². The van der Waals surface area contributed by atoms with Gasteiger partial charge in [-0.2, -0.15) is 0 Å². The molecule has 0 N–H and O–H groups in total. The maximum Gasteiger partial charge on any atom is 0.533 e. The van der Waals surface area contributed by atoms with Gasteiger partial charge < -0.3 is 4.74 Å². The molecular weight excluding hydrogens is 286 g/mol. The number of hydrogen-bond donors (Lipinski definition) is 0. The second-order valence-corrected chi connectivity index (χ2v) is 7.33. The Morgan fingerprint density at radius 3 is 2.05 bits per heavy atom. The molecule has 22 heavy (non-hydrogen) atoms. The molecule has 0 aromatic rings. The molecule has 1 saturated heterocycles. The molecule has 4 saturated carbocycles. The number of amides is 2. The van der Waals surface area contributed by atoms with Crippen LogP contribution < -0.4 is 0 Å². The third-order valence-electron chi connectivity index (χ3n) is 5.99. The van der Waals surface area contributed by atoms with Crippen molar-refractivity contribution >= 4 is 18.0 Å². The predicted molar refractivity (Wildman–Crippen MR) is 74.1 cm³/mol. The van der Waals surface area contributed by atoms with E-state index < -0.39 is 18.0 Å². The zero-order chi connectivity index (χ0) is 15.3. The third-order valence-corrected chi connectivity index (χ3v) is 5.99. The number of rotatable bonds is 3. The summed E-state index contributed by atoms with van der Waals surface area (Å²) in [5, 5.41) is 0.541. The maximum absolute atomic E-state index is 11.7. The van der Waals surface area contributed by atoms with E-state index in [0.717, 1.165) is 11.8 Å². The van der Waals surface area contributed by atoms with Crippen molar-refractivity contribution in [3.63, 3.8) is 0 Å². The van der Waals surface area contributed by atoms with Gasteiger partial charge in [0, 0.05) is 12.8 Å². The van der Waals surface area contributed by atoms with E-state index in [1.165, 1.54) is 32.1 Å². The van der Waals surface area contributed by atoms with E-state index in [9.17, 15) is 14.4 Å². The van der Waals surface area contributed by atoms with Crippen molar-refractivity contribution in [2.75, 3.05) is 6.61 Å². The Kier molecular flexibility index (Phi) is 3.35. The van der Waals surface area contributed by atoms with Gasteiger partial charge in [-0.1, -0.05) is 5.06 Å². The Morgan fingerprint density at radius 2 is 1.50 bits per heavy atom. The van der Waals surface area contributed by atoms with Gasteiger partial charge in [0.05, 0.1) is 6.61 Å². The number of hydrogen-bond acceptors (Lipinski definition) is 5. The Hall–Kier alpha value is -1.59. The smallest absolute Gasteiger partial charge is 0.432 e. The van der Waals surface area contributed by atoms with Crippen LogP contribution in [-0.2, 0) is 19.2 Å². The second-order valence-electron chi connectivity index (χ2n) is 7.33. The number of imide groups is 1. The molecule has 4 bridgehead atoms. The first-order valence-corrected chi connectivity index (χ1v) is 8.30. The fourth-order valence-corrected chi connectivity index (χ4v) is 5.23. The Morgan fingerprint density at radius 1 is 0.955 bits per heavy atom. The van der Waals surface area contributed by atoms with Crippen molar-refractivity contribution in [1.29, 1.82) is 0 Å². The van der Waals surface area contributed by atoms with Gasteiger partial charge in [0.15, 0.2) is 0 Å². The van der Waals surface area contributed by atoms with Crippen molar-refractivity contribution in [2.24, 2.45) is 29.6 Å². The molecule has 1 aliphatic heterocycles. The monoisotopic (exact) mass is 307 g/mol. The molecule has 0 unspecified atom stereocenters. The van der Waals surface area contributed by atoms with Crippen molar-refractivity contribution < 1.29 is 24.0 Å². The Labute approximate surface area is 129 Å². The molecule has 5 fully saturated rings. The number of carbonyl (C=O) groups is 3. The first-order chi connectivity index (χ1) is 10.6. The van der Waals surface area contributed by atoms with Gasteiger partial charge in [-0.15, -0.1) is 0 Å². The number of nitrogens with zero attached hydrogens (tertiary/aromatic N) is 1. The van der Waals surface area contributed by atoms with Crippen LogP contribution in [0.2, 0.25) is 0 Å². The summed E-state index contributed by atoms with van der Waals surface area (Å²) in [5.41, 5.74) is 0. The highest BCUT2D eigenvalue weighted by atomic mass is 16.8. The summed E-state index contributed by atoms with van der Waals surface area (Å²) in [6, 6.07) is 0. The molecule has 0 aromatic carbocycles. The van der Waals surface area contributed by atoms with Crippen molar-refractivity contribution in [2.45, 2.75) is 44.9 Å². The SMILES string of the molecule is O=C(OCC1C2CC3CC(C2)CC1C3)ON1C(=O)CCC1=O. The second kappa shape index (κ2) is 5.25. The van der Waals surface area contributed by atoms with Crippen molar-refractivity contribution in [3.8, 4) is 0 Å². The Bertz CT molecular complexity index is 473. The van der Waals surface area contributed by atoms with Gasteiger partial charge in [0.2, 0.25) is 0 Å². The van der Waals surface area contributed by atoms with Crippen LogP contribution in [0.15, 0.2) is 0 Å². The molecule has 0 spiro atoms. The van der Waals surface area contributed by atoms with E-state index in [2.05, 4.69) is 0 Å². The van der Waals surface area contributed by atoms with Crippen LogP contribution in [-0.4, -0.2) is 29.6 Å². The lowest BCUT2D eigenvalue weighted by atomic mass is 9.52. The molecule has 0 radical (unpaired) electrons. The highest BCUT2D eigenvalue weighted by Crippen LogP contribution is 2.56. The average Bonchev–Trinajstić information content (AvgIpc) is 2.78. The lowest BCUT2D eigenvalue weighted by Crippen LogP contribution is -2.47. The van der Waals surface area contributed by atoms with E-state index >= 15 is 0 Å². The van der Waals surface area contributed by atoms with E-state index in [1.807, 2.05) is 0 Å². The van der Waals surface area contributed by atoms with Gasteiger partial charge in [0.1, 0.15) is 0 Å². The van der Waals surface area contributed by atoms with Crippen LogP contribution in [0.1, 0.15) is 44.9 Å². The minimum Gasteiger partial charge on any atom is -0.432 e. The highest BCUT2D eigenvalue weighted by molar-refractivity contribution is 6.01. The van der Waals surface area contributed by atoms with E-state index in [-0.39, 0.29) is 12.8 Å². The average molecular weight is 307 g/mol. The van der Waals surface area contributed by atoms with Gasteiger partial charge in [-0.25, -0.2) is 4.79 Å². The third kappa shape index (κ3) is 2.38. The van der Waals surface area contributed by atoms with Gasteiger partial charge in [-0.3, -0.25) is 14.4 Å². The summed E-state index contributed by atoms with van der Waals surface area (Å²) in [6.45, 7) is 0.351. The minimum atomic E-state index is -0.933. The van der Waals surface area contributed by atoms with Crippen molar-refractivity contribution in [3.05, 3.63) is 0 Å². The van der Waals surface area contributed by atoms with Crippen molar-refractivity contribution in [1.82, 2.24) is 5.06 Å². The molecule has 2 amide bonds. The summed E-state index contributed by atoms with van der Waals surface area (Å²) in [4.78, 5) is 39.3. The molecule has 4 aliphatic carbocycles. The Balaban J connectivity index is 1.30. The topological polar surface area (TPSA) is 72.9 Å². The highest BCUT2D eigenvalue weighted by Gasteiger charge is 2.48. The molecule has 0 aromatic heterocycles. The standard InChI is InChI=1S/C16H21NO5/c18-14-1-2-15(19)17(14)22-16(20)21-8-13-11-4-9-3-10(6-11)7-12(13)5-9/h9-13H,1-8H2. The maximum atomic E-state index is 11.7. The lowest BCUT2D eigenvalue weighted by molar-refractivity contribution is -0.178.